The van der Waals surface area contributed by atoms with Gasteiger partial charge in [0.05, 0.1) is 18.1 Å². The maximum atomic E-state index is 12.7. The monoisotopic (exact) mass is 398 g/mol. The summed E-state index contributed by atoms with van der Waals surface area (Å²) in [6.07, 6.45) is 1.85. The molecule has 1 aromatic carbocycles. The van der Waals surface area contributed by atoms with E-state index >= 15 is 0 Å². The van der Waals surface area contributed by atoms with E-state index in [9.17, 15) is 8.42 Å². The average Bonchev–Trinajstić information content (AvgIpc) is 3.18. The van der Waals surface area contributed by atoms with Gasteiger partial charge >= 0.3 is 0 Å². The van der Waals surface area contributed by atoms with Crippen LogP contribution in [0.25, 0.3) is 0 Å². The van der Waals surface area contributed by atoms with Gasteiger partial charge in [0.25, 0.3) is 0 Å². The molecule has 0 amide bonds. The number of nitrogens with one attached hydrogen (secondary N) is 2. The number of hydrogen-bond donors (Lipinski definition) is 2. The van der Waals surface area contributed by atoms with E-state index in [1.807, 2.05) is 6.07 Å². The van der Waals surface area contributed by atoms with Crippen molar-refractivity contribution in [2.24, 2.45) is 0 Å². The summed E-state index contributed by atoms with van der Waals surface area (Å²) in [6.45, 7) is 6.27. The highest BCUT2D eigenvalue weighted by atomic mass is 32.2. The van der Waals surface area contributed by atoms with Gasteiger partial charge in [-0.25, -0.2) is 8.42 Å². The van der Waals surface area contributed by atoms with Crippen LogP contribution in [0.3, 0.4) is 0 Å². The molecule has 0 spiro atoms. The minimum atomic E-state index is -3.42. The van der Waals surface area contributed by atoms with Gasteiger partial charge < -0.3 is 15.4 Å². The Bertz CT molecular complexity index is 714. The normalized spacial score (nSPS) is 19.4. The molecule has 2 fully saturated rings. The molecule has 7 nitrogen and oxygen atoms in total. The Labute approximate surface area is 160 Å². The first-order valence-electron chi connectivity index (χ1n) is 9.01. The zero-order valence-electron chi connectivity index (χ0n) is 14.8. The molecular weight excluding hydrogens is 372 g/mol. The third-order valence-electron chi connectivity index (χ3n) is 4.61. The lowest BCUT2D eigenvalue weighted by Gasteiger charge is -2.26. The van der Waals surface area contributed by atoms with Crippen LogP contribution >= 0.6 is 12.2 Å². The summed E-state index contributed by atoms with van der Waals surface area (Å²) in [7, 11) is -3.42. The molecule has 2 saturated heterocycles. The zero-order chi connectivity index (χ0) is 18.4. The van der Waals surface area contributed by atoms with Crippen molar-refractivity contribution in [1.29, 1.82) is 0 Å². The molecule has 0 saturated carbocycles. The van der Waals surface area contributed by atoms with Gasteiger partial charge in [0, 0.05) is 45.0 Å². The van der Waals surface area contributed by atoms with Crippen LogP contribution < -0.4 is 10.6 Å². The molecule has 0 aromatic heterocycles. The fourth-order valence-corrected chi connectivity index (χ4v) is 4.92. The quantitative estimate of drug-likeness (QED) is 0.695. The van der Waals surface area contributed by atoms with Crippen molar-refractivity contribution in [2.75, 3.05) is 57.8 Å². The number of ether oxygens (including phenoxy) is 1. The number of hydrogen-bond acceptors (Lipinski definition) is 5. The van der Waals surface area contributed by atoms with Gasteiger partial charge in [-0.2, -0.15) is 4.31 Å². The molecule has 3 rings (SSSR count). The number of nitrogens with zero attached hydrogens (tertiary/aromatic N) is 2. The SMILES string of the molecule is O=S(=O)(c1cccc(NC(=S)NCCN2CCOCC2)c1)N1CCCC1. The molecule has 26 heavy (non-hydrogen) atoms. The van der Waals surface area contributed by atoms with Crippen LogP contribution in [-0.2, 0) is 14.8 Å². The van der Waals surface area contributed by atoms with Crippen molar-refractivity contribution >= 4 is 33.0 Å². The molecule has 144 valence electrons. The largest absolute Gasteiger partial charge is 0.379 e. The lowest BCUT2D eigenvalue weighted by Crippen LogP contribution is -2.42. The molecule has 1 aromatic rings. The Kier molecular flexibility index (Phi) is 6.82. The molecule has 0 unspecified atom stereocenters. The third-order valence-corrected chi connectivity index (χ3v) is 6.75. The summed E-state index contributed by atoms with van der Waals surface area (Å²) in [4.78, 5) is 2.63. The van der Waals surface area contributed by atoms with E-state index in [0.717, 1.165) is 52.2 Å². The van der Waals surface area contributed by atoms with Crippen LogP contribution in [0.15, 0.2) is 29.2 Å². The molecule has 2 aliphatic heterocycles. The molecule has 0 aliphatic carbocycles. The topological polar surface area (TPSA) is 73.9 Å². The number of anilines is 1. The Hall–Kier alpha value is -1.26. The Morgan fingerprint density at radius 1 is 1.15 bits per heavy atom. The summed E-state index contributed by atoms with van der Waals surface area (Å²) in [5.74, 6) is 0. The first kappa shape index (κ1) is 19.5. The molecule has 0 atom stereocenters. The maximum absolute atomic E-state index is 12.7. The van der Waals surface area contributed by atoms with E-state index < -0.39 is 10.0 Å². The van der Waals surface area contributed by atoms with Gasteiger partial charge in [-0.15, -0.1) is 0 Å². The fraction of sp³-hybridized carbons (Fsp3) is 0.588. The lowest BCUT2D eigenvalue weighted by molar-refractivity contribution is 0.0389. The summed E-state index contributed by atoms with van der Waals surface area (Å²) in [6, 6.07) is 6.83. The van der Waals surface area contributed by atoms with Crippen molar-refractivity contribution in [3.63, 3.8) is 0 Å². The number of benzene rings is 1. The lowest BCUT2D eigenvalue weighted by atomic mass is 10.3. The van der Waals surface area contributed by atoms with Gasteiger partial charge in [0.15, 0.2) is 5.11 Å². The molecule has 2 heterocycles. The van der Waals surface area contributed by atoms with E-state index in [2.05, 4.69) is 15.5 Å². The van der Waals surface area contributed by atoms with E-state index in [1.54, 1.807) is 22.5 Å². The van der Waals surface area contributed by atoms with Crippen LogP contribution in [-0.4, -0.2) is 75.2 Å². The number of thiocarbonyl (C=S) groups is 1. The zero-order valence-corrected chi connectivity index (χ0v) is 16.4. The fourth-order valence-electron chi connectivity index (χ4n) is 3.14. The Morgan fingerprint density at radius 3 is 2.62 bits per heavy atom. The first-order chi connectivity index (χ1) is 12.6. The molecule has 9 heteroatoms. The second-order valence-corrected chi connectivity index (χ2v) is 8.82. The smallest absolute Gasteiger partial charge is 0.243 e. The van der Waals surface area contributed by atoms with Gasteiger partial charge in [0.1, 0.15) is 0 Å². The highest BCUT2D eigenvalue weighted by Crippen LogP contribution is 2.23. The van der Waals surface area contributed by atoms with Crippen molar-refractivity contribution in [2.45, 2.75) is 17.7 Å². The predicted octanol–water partition coefficient (Wildman–Crippen LogP) is 1.09. The Morgan fingerprint density at radius 2 is 1.88 bits per heavy atom. The number of sulfonamides is 1. The van der Waals surface area contributed by atoms with Crippen molar-refractivity contribution < 1.29 is 13.2 Å². The van der Waals surface area contributed by atoms with Crippen molar-refractivity contribution in [1.82, 2.24) is 14.5 Å². The van der Waals surface area contributed by atoms with Crippen molar-refractivity contribution in [3.8, 4) is 0 Å². The summed E-state index contributed by atoms with van der Waals surface area (Å²) in [5, 5.41) is 6.74. The number of rotatable bonds is 6. The number of morpholine rings is 1. The van der Waals surface area contributed by atoms with Crippen LogP contribution in [0, 0.1) is 0 Å². The van der Waals surface area contributed by atoms with Crippen LogP contribution in [0.2, 0.25) is 0 Å². The molecule has 0 radical (unpaired) electrons. The molecule has 2 aliphatic rings. The minimum absolute atomic E-state index is 0.306. The standard InChI is InChI=1S/C17H26N4O3S2/c22-26(23,21-7-1-2-8-21)16-5-3-4-15(14-16)19-17(25)18-6-9-20-10-12-24-13-11-20/h3-5,14H,1-2,6-13H2,(H2,18,19,25). The third kappa shape index (κ3) is 5.14. The van der Waals surface area contributed by atoms with E-state index in [-0.39, 0.29) is 0 Å². The van der Waals surface area contributed by atoms with E-state index in [4.69, 9.17) is 17.0 Å². The Balaban J connectivity index is 1.52. The van der Waals surface area contributed by atoms with Crippen LogP contribution in [0.5, 0.6) is 0 Å². The second-order valence-electron chi connectivity index (χ2n) is 6.47. The van der Waals surface area contributed by atoms with Gasteiger partial charge in [-0.3, -0.25) is 4.90 Å². The summed E-state index contributed by atoms with van der Waals surface area (Å²) >= 11 is 5.32. The van der Waals surface area contributed by atoms with E-state index in [1.165, 1.54) is 0 Å². The highest BCUT2D eigenvalue weighted by Gasteiger charge is 2.27. The predicted molar refractivity (Wildman–Crippen MR) is 106 cm³/mol. The van der Waals surface area contributed by atoms with Crippen LogP contribution in [0.1, 0.15) is 12.8 Å². The summed E-state index contributed by atoms with van der Waals surface area (Å²) in [5.41, 5.74) is 0.675. The average molecular weight is 399 g/mol. The minimum Gasteiger partial charge on any atom is -0.379 e. The van der Waals surface area contributed by atoms with Gasteiger partial charge in [-0.05, 0) is 43.3 Å². The molecular formula is C17H26N4O3S2. The van der Waals surface area contributed by atoms with Gasteiger partial charge in [-0.1, -0.05) is 6.07 Å². The second kappa shape index (κ2) is 9.09. The van der Waals surface area contributed by atoms with E-state index in [0.29, 0.717) is 28.8 Å². The maximum Gasteiger partial charge on any atom is 0.243 e. The van der Waals surface area contributed by atoms with Crippen LogP contribution in [0.4, 0.5) is 5.69 Å². The molecule has 0 bridgehead atoms. The first-order valence-corrected chi connectivity index (χ1v) is 10.9. The van der Waals surface area contributed by atoms with Gasteiger partial charge in [0.2, 0.25) is 10.0 Å². The van der Waals surface area contributed by atoms with Crippen molar-refractivity contribution in [3.05, 3.63) is 24.3 Å². The summed E-state index contributed by atoms with van der Waals surface area (Å²) < 4.78 is 32.2. The highest BCUT2D eigenvalue weighted by molar-refractivity contribution is 7.89. The molecule has 2 N–H and O–H groups in total.